The highest BCUT2D eigenvalue weighted by atomic mass is 32.2. The lowest BCUT2D eigenvalue weighted by Gasteiger charge is -2.21. The summed E-state index contributed by atoms with van der Waals surface area (Å²) in [6.45, 7) is 2.63. The lowest BCUT2D eigenvalue weighted by molar-refractivity contribution is -0.121. The molecule has 0 radical (unpaired) electrons. The Morgan fingerprint density at radius 3 is 2.71 bits per heavy atom. The minimum absolute atomic E-state index is 0.0395. The van der Waals surface area contributed by atoms with Gasteiger partial charge in [-0.15, -0.1) is 0 Å². The fraction of sp³-hybridized carbons (Fsp3) is 0.333. The molecular weight excluding hydrogens is 441 g/mol. The van der Waals surface area contributed by atoms with Crippen molar-refractivity contribution < 1.29 is 22.3 Å². The SMILES string of the molecule is CCOc1cccc2sc(=NC(=O)C3CCCN3S(=O)(=O)c3ccc(F)cc3)n(C)c12. The van der Waals surface area contributed by atoms with Gasteiger partial charge in [0.1, 0.15) is 23.1 Å². The first kappa shape index (κ1) is 21.7. The third kappa shape index (κ3) is 4.02. The van der Waals surface area contributed by atoms with E-state index in [4.69, 9.17) is 4.74 Å². The second-order valence-corrected chi connectivity index (χ2v) is 10.1. The number of sulfonamides is 1. The van der Waals surface area contributed by atoms with E-state index in [1.165, 1.54) is 27.8 Å². The smallest absolute Gasteiger partial charge is 0.266 e. The molecule has 164 valence electrons. The molecule has 1 amide bonds. The van der Waals surface area contributed by atoms with Gasteiger partial charge in [0, 0.05) is 13.6 Å². The predicted molar refractivity (Wildman–Crippen MR) is 116 cm³/mol. The second-order valence-electron chi connectivity index (χ2n) is 7.16. The number of nitrogens with zero attached hydrogens (tertiary/aromatic N) is 3. The summed E-state index contributed by atoms with van der Waals surface area (Å²) in [7, 11) is -2.13. The number of aromatic nitrogens is 1. The van der Waals surface area contributed by atoms with Crippen LogP contribution in [-0.2, 0) is 21.9 Å². The lowest BCUT2D eigenvalue weighted by Crippen LogP contribution is -2.40. The van der Waals surface area contributed by atoms with Crippen molar-refractivity contribution >= 4 is 37.5 Å². The molecule has 31 heavy (non-hydrogen) atoms. The van der Waals surface area contributed by atoms with Gasteiger partial charge in [0.05, 0.1) is 16.2 Å². The van der Waals surface area contributed by atoms with Crippen molar-refractivity contribution in [1.29, 1.82) is 0 Å². The molecule has 2 heterocycles. The van der Waals surface area contributed by atoms with Crippen LogP contribution in [-0.4, -0.2) is 42.4 Å². The minimum atomic E-state index is -3.93. The molecule has 1 atom stereocenters. The van der Waals surface area contributed by atoms with Crippen LogP contribution in [0.1, 0.15) is 19.8 Å². The van der Waals surface area contributed by atoms with Crippen molar-refractivity contribution in [2.24, 2.45) is 12.0 Å². The molecule has 0 saturated carbocycles. The molecule has 0 spiro atoms. The summed E-state index contributed by atoms with van der Waals surface area (Å²) >= 11 is 1.34. The summed E-state index contributed by atoms with van der Waals surface area (Å²) in [5.41, 5.74) is 0.836. The number of rotatable bonds is 5. The summed E-state index contributed by atoms with van der Waals surface area (Å²) < 4.78 is 48.8. The predicted octanol–water partition coefficient (Wildman–Crippen LogP) is 3.06. The fourth-order valence-corrected chi connectivity index (χ4v) is 6.42. The van der Waals surface area contributed by atoms with Crippen LogP contribution >= 0.6 is 11.3 Å². The van der Waals surface area contributed by atoms with E-state index in [0.717, 1.165) is 22.3 Å². The number of fused-ring (bicyclic) bond motifs is 1. The number of amides is 1. The molecule has 1 aliphatic heterocycles. The van der Waals surface area contributed by atoms with Gasteiger partial charge in [-0.1, -0.05) is 17.4 Å². The molecule has 4 rings (SSSR count). The molecule has 3 aromatic rings. The first-order chi connectivity index (χ1) is 14.8. The first-order valence-corrected chi connectivity index (χ1v) is 12.2. The van der Waals surface area contributed by atoms with Crippen molar-refractivity contribution in [1.82, 2.24) is 8.87 Å². The molecule has 1 unspecified atom stereocenters. The Balaban J connectivity index is 1.69. The van der Waals surface area contributed by atoms with Crippen LogP contribution in [0.4, 0.5) is 4.39 Å². The van der Waals surface area contributed by atoms with Gasteiger partial charge in [0.25, 0.3) is 5.91 Å². The van der Waals surface area contributed by atoms with Crippen molar-refractivity contribution in [3.63, 3.8) is 0 Å². The largest absolute Gasteiger partial charge is 0.492 e. The Morgan fingerprint density at radius 2 is 2.00 bits per heavy atom. The number of para-hydroxylation sites is 1. The van der Waals surface area contributed by atoms with Crippen molar-refractivity contribution in [3.8, 4) is 5.75 Å². The molecule has 1 fully saturated rings. The van der Waals surface area contributed by atoms with E-state index in [-0.39, 0.29) is 11.4 Å². The molecule has 1 saturated heterocycles. The van der Waals surface area contributed by atoms with Crippen LogP contribution in [0.2, 0.25) is 0 Å². The number of halogens is 1. The number of thiazole rings is 1. The molecule has 1 aromatic heterocycles. The Kier molecular flexibility index (Phi) is 5.96. The van der Waals surface area contributed by atoms with Crippen LogP contribution in [0, 0.1) is 5.82 Å². The summed E-state index contributed by atoms with van der Waals surface area (Å²) in [6, 6.07) is 9.39. The quantitative estimate of drug-likeness (QED) is 0.583. The van der Waals surface area contributed by atoms with Gasteiger partial charge < -0.3 is 9.30 Å². The van der Waals surface area contributed by atoms with Crippen LogP contribution in [0.5, 0.6) is 5.75 Å². The Bertz CT molecular complexity index is 1300. The lowest BCUT2D eigenvalue weighted by atomic mass is 10.2. The Labute approximate surface area is 183 Å². The topological polar surface area (TPSA) is 81.0 Å². The number of aryl methyl sites for hydroxylation is 1. The molecule has 10 heteroatoms. The van der Waals surface area contributed by atoms with Crippen LogP contribution in [0.3, 0.4) is 0 Å². The van der Waals surface area contributed by atoms with Crippen LogP contribution < -0.4 is 9.54 Å². The third-order valence-corrected chi connectivity index (χ3v) is 8.22. The van der Waals surface area contributed by atoms with E-state index in [0.29, 0.717) is 30.0 Å². The zero-order chi connectivity index (χ0) is 22.2. The number of hydrogen-bond donors (Lipinski definition) is 0. The average Bonchev–Trinajstić information content (AvgIpc) is 3.35. The van der Waals surface area contributed by atoms with Crippen molar-refractivity contribution in [2.75, 3.05) is 13.2 Å². The van der Waals surface area contributed by atoms with Gasteiger partial charge in [-0.05, 0) is 56.2 Å². The number of ether oxygens (including phenoxy) is 1. The summed E-state index contributed by atoms with van der Waals surface area (Å²) in [5, 5.41) is 0. The Morgan fingerprint density at radius 1 is 1.26 bits per heavy atom. The highest BCUT2D eigenvalue weighted by Crippen LogP contribution is 2.28. The molecule has 2 aromatic carbocycles. The third-order valence-electron chi connectivity index (χ3n) is 5.20. The van der Waals surface area contributed by atoms with E-state index in [9.17, 15) is 17.6 Å². The normalized spacial score (nSPS) is 18.0. The van der Waals surface area contributed by atoms with E-state index < -0.39 is 27.8 Å². The maximum absolute atomic E-state index is 13.2. The highest BCUT2D eigenvalue weighted by Gasteiger charge is 2.39. The van der Waals surface area contributed by atoms with Gasteiger partial charge in [-0.2, -0.15) is 9.30 Å². The van der Waals surface area contributed by atoms with E-state index in [1.54, 1.807) is 11.6 Å². The van der Waals surface area contributed by atoms with Crippen molar-refractivity contribution in [2.45, 2.75) is 30.7 Å². The number of hydrogen-bond acceptors (Lipinski definition) is 5. The van der Waals surface area contributed by atoms with Gasteiger partial charge in [-0.25, -0.2) is 12.8 Å². The molecule has 0 N–H and O–H groups in total. The van der Waals surface area contributed by atoms with Gasteiger partial charge in [-0.3, -0.25) is 4.79 Å². The standard InChI is InChI=1S/C21H22FN3O4S2/c1-3-29-17-7-4-8-18-19(17)24(2)21(30-18)23-20(26)16-6-5-13-25(16)31(27,28)15-11-9-14(22)10-12-15/h4,7-12,16H,3,5-6,13H2,1-2H3. The fourth-order valence-electron chi connectivity index (χ4n) is 3.73. The first-order valence-electron chi connectivity index (χ1n) is 9.90. The molecule has 7 nitrogen and oxygen atoms in total. The van der Waals surface area contributed by atoms with Crippen LogP contribution in [0.25, 0.3) is 10.2 Å². The highest BCUT2D eigenvalue weighted by molar-refractivity contribution is 7.89. The maximum Gasteiger partial charge on any atom is 0.266 e. The van der Waals surface area contributed by atoms with Crippen molar-refractivity contribution in [3.05, 3.63) is 53.1 Å². The number of carbonyl (C=O) groups is 1. The maximum atomic E-state index is 13.2. The molecule has 0 aliphatic carbocycles. The summed E-state index contributed by atoms with van der Waals surface area (Å²) in [6.07, 6.45) is 0.945. The minimum Gasteiger partial charge on any atom is -0.492 e. The monoisotopic (exact) mass is 463 g/mol. The zero-order valence-electron chi connectivity index (χ0n) is 17.1. The molecule has 0 bridgehead atoms. The van der Waals surface area contributed by atoms with Crippen LogP contribution in [0.15, 0.2) is 52.4 Å². The van der Waals surface area contributed by atoms with E-state index in [2.05, 4.69) is 4.99 Å². The van der Waals surface area contributed by atoms with E-state index in [1.807, 2.05) is 25.1 Å². The average molecular weight is 464 g/mol. The summed E-state index contributed by atoms with van der Waals surface area (Å²) in [5.74, 6) is -0.330. The molecule has 1 aliphatic rings. The van der Waals surface area contributed by atoms with Gasteiger partial charge >= 0.3 is 0 Å². The summed E-state index contributed by atoms with van der Waals surface area (Å²) in [4.78, 5) is 17.7. The van der Waals surface area contributed by atoms with Gasteiger partial charge in [0.15, 0.2) is 4.80 Å². The zero-order valence-corrected chi connectivity index (χ0v) is 18.7. The number of carbonyl (C=O) groups excluding carboxylic acids is 1. The second kappa shape index (κ2) is 8.52. The van der Waals surface area contributed by atoms with Gasteiger partial charge in [0.2, 0.25) is 10.0 Å². The number of benzene rings is 2. The molecular formula is C21H22FN3O4S2. The Hall–Kier alpha value is -2.56. The van der Waals surface area contributed by atoms with E-state index >= 15 is 0 Å².